The molecule has 0 saturated heterocycles. The van der Waals surface area contributed by atoms with Crippen LogP contribution in [0.1, 0.15) is 38.4 Å². The van der Waals surface area contributed by atoms with Gasteiger partial charge in [-0.15, -0.1) is 0 Å². The smallest absolute Gasteiger partial charge is 0.129 e. The van der Waals surface area contributed by atoms with Gasteiger partial charge in [0.2, 0.25) is 0 Å². The first-order chi connectivity index (χ1) is 8.74. The van der Waals surface area contributed by atoms with Gasteiger partial charge in [-0.3, -0.25) is 0 Å². The van der Waals surface area contributed by atoms with Crippen molar-refractivity contribution in [1.29, 1.82) is 0 Å². The van der Waals surface area contributed by atoms with Crippen LogP contribution in [0.2, 0.25) is 0 Å². The number of aromatic nitrogens is 2. The summed E-state index contributed by atoms with van der Waals surface area (Å²) in [6, 6.07) is 2.48. The highest BCUT2D eigenvalue weighted by atomic mass is 16.5. The summed E-state index contributed by atoms with van der Waals surface area (Å²) in [5.74, 6) is 1.78. The molecule has 0 aromatic carbocycles. The molecule has 0 unspecified atom stereocenters. The van der Waals surface area contributed by atoms with Crippen molar-refractivity contribution >= 4 is 5.82 Å². The molecule has 0 radical (unpaired) electrons. The van der Waals surface area contributed by atoms with Gasteiger partial charge >= 0.3 is 0 Å². The van der Waals surface area contributed by atoms with Crippen LogP contribution in [-0.2, 0) is 4.74 Å². The fourth-order valence-electron chi connectivity index (χ4n) is 3.36. The summed E-state index contributed by atoms with van der Waals surface area (Å²) >= 11 is 0. The van der Waals surface area contributed by atoms with Crippen LogP contribution in [0.25, 0.3) is 0 Å². The van der Waals surface area contributed by atoms with E-state index in [4.69, 9.17) is 4.74 Å². The van der Waals surface area contributed by atoms with Gasteiger partial charge in [0.25, 0.3) is 0 Å². The van der Waals surface area contributed by atoms with Gasteiger partial charge in [0.15, 0.2) is 0 Å². The van der Waals surface area contributed by atoms with E-state index in [1.165, 1.54) is 19.3 Å². The van der Waals surface area contributed by atoms with Gasteiger partial charge in [-0.1, -0.05) is 6.42 Å². The van der Waals surface area contributed by atoms with Crippen LogP contribution in [0.4, 0.5) is 5.82 Å². The number of anilines is 1. The van der Waals surface area contributed by atoms with E-state index in [-0.39, 0.29) is 0 Å². The van der Waals surface area contributed by atoms with Crippen molar-refractivity contribution in [3.8, 4) is 0 Å². The third-order valence-corrected chi connectivity index (χ3v) is 4.54. The minimum absolute atomic E-state index is 0.384. The summed E-state index contributed by atoms with van der Waals surface area (Å²) in [4.78, 5) is 8.56. The minimum atomic E-state index is 0.384. The topological polar surface area (TPSA) is 47.0 Å². The molecule has 0 aliphatic heterocycles. The molecule has 1 heterocycles. The molecule has 1 N–H and O–H groups in total. The number of hydrogen-bond acceptors (Lipinski definition) is 4. The average molecular weight is 247 g/mol. The summed E-state index contributed by atoms with van der Waals surface area (Å²) in [5.41, 5.74) is 0.384. The molecule has 2 aliphatic carbocycles. The standard InChI is InChI=1S/C14H21N3O/c1-3-18-12-9-11(14(12)6-4-7-14)17-13-5-8-15-10(2)16-13/h5,8,11-12H,3-4,6-7,9H2,1-2H3,(H,15,16,17)/t11-,12+/m0/s1. The van der Waals surface area contributed by atoms with Gasteiger partial charge in [0.05, 0.1) is 6.10 Å². The van der Waals surface area contributed by atoms with Crippen molar-refractivity contribution in [2.24, 2.45) is 5.41 Å². The van der Waals surface area contributed by atoms with Crippen LogP contribution < -0.4 is 5.32 Å². The lowest BCUT2D eigenvalue weighted by Crippen LogP contribution is -2.64. The third-order valence-electron chi connectivity index (χ3n) is 4.54. The van der Waals surface area contributed by atoms with Gasteiger partial charge in [0, 0.05) is 24.3 Å². The second kappa shape index (κ2) is 4.50. The van der Waals surface area contributed by atoms with Gasteiger partial charge in [-0.05, 0) is 39.2 Å². The Labute approximate surface area is 108 Å². The molecular formula is C14H21N3O. The van der Waals surface area contributed by atoms with E-state index in [1.54, 1.807) is 0 Å². The van der Waals surface area contributed by atoms with Gasteiger partial charge in [-0.25, -0.2) is 9.97 Å². The molecule has 4 heteroatoms. The Morgan fingerprint density at radius 1 is 1.50 bits per heavy atom. The first-order valence-electron chi connectivity index (χ1n) is 6.92. The van der Waals surface area contributed by atoms with E-state index >= 15 is 0 Å². The average Bonchev–Trinajstić information content (AvgIpc) is 2.25. The Bertz CT molecular complexity index is 431. The second-order valence-corrected chi connectivity index (χ2v) is 5.45. The molecule has 0 amide bonds. The van der Waals surface area contributed by atoms with Crippen LogP contribution in [0.15, 0.2) is 12.3 Å². The van der Waals surface area contributed by atoms with Crippen LogP contribution >= 0.6 is 0 Å². The maximum absolute atomic E-state index is 5.85. The van der Waals surface area contributed by atoms with Crippen LogP contribution in [0.3, 0.4) is 0 Å². The Kier molecular flexibility index (Phi) is 2.98. The highest BCUT2D eigenvalue weighted by Gasteiger charge is 2.58. The fraction of sp³-hybridized carbons (Fsp3) is 0.714. The van der Waals surface area contributed by atoms with E-state index in [0.717, 1.165) is 24.7 Å². The van der Waals surface area contributed by atoms with E-state index in [1.807, 2.05) is 19.2 Å². The largest absolute Gasteiger partial charge is 0.378 e. The first-order valence-corrected chi connectivity index (χ1v) is 6.92. The van der Waals surface area contributed by atoms with Crippen molar-refractivity contribution in [3.63, 3.8) is 0 Å². The molecule has 0 bridgehead atoms. The lowest BCUT2D eigenvalue weighted by Gasteiger charge is -2.61. The molecule has 3 rings (SSSR count). The maximum atomic E-state index is 5.85. The lowest BCUT2D eigenvalue weighted by atomic mass is 9.51. The maximum Gasteiger partial charge on any atom is 0.129 e. The van der Waals surface area contributed by atoms with E-state index in [9.17, 15) is 0 Å². The summed E-state index contributed by atoms with van der Waals surface area (Å²) in [6.45, 7) is 4.83. The quantitative estimate of drug-likeness (QED) is 0.888. The normalized spacial score (nSPS) is 28.6. The summed E-state index contributed by atoms with van der Waals surface area (Å²) in [7, 11) is 0. The molecule has 4 nitrogen and oxygen atoms in total. The first kappa shape index (κ1) is 11.9. The number of nitrogens with one attached hydrogen (secondary N) is 1. The number of rotatable bonds is 4. The Hall–Kier alpha value is -1.16. The monoisotopic (exact) mass is 247 g/mol. The highest BCUT2D eigenvalue weighted by Crippen LogP contribution is 2.57. The van der Waals surface area contributed by atoms with Crippen molar-refractivity contribution in [1.82, 2.24) is 9.97 Å². The van der Waals surface area contributed by atoms with Gasteiger partial charge < -0.3 is 10.1 Å². The molecule has 1 spiro atoms. The predicted octanol–water partition coefficient (Wildman–Crippen LogP) is 2.54. The molecule has 98 valence electrons. The van der Waals surface area contributed by atoms with Crippen LogP contribution in [0, 0.1) is 12.3 Å². The van der Waals surface area contributed by atoms with Crippen molar-refractivity contribution in [2.45, 2.75) is 51.7 Å². The summed E-state index contributed by atoms with van der Waals surface area (Å²) < 4.78 is 5.85. The van der Waals surface area contributed by atoms with Gasteiger partial charge in [0.1, 0.15) is 11.6 Å². The molecule has 2 saturated carbocycles. The molecule has 1 aromatic heterocycles. The predicted molar refractivity (Wildman–Crippen MR) is 70.5 cm³/mol. The van der Waals surface area contributed by atoms with Crippen LogP contribution in [0.5, 0.6) is 0 Å². The van der Waals surface area contributed by atoms with Crippen molar-refractivity contribution in [3.05, 3.63) is 18.1 Å². The molecule has 2 fully saturated rings. The zero-order valence-electron chi connectivity index (χ0n) is 11.1. The van der Waals surface area contributed by atoms with E-state index in [2.05, 4.69) is 22.2 Å². The SMILES string of the molecule is CCO[C@@H]1C[C@H](Nc2ccnc(C)n2)C12CCC2. The minimum Gasteiger partial charge on any atom is -0.378 e. The van der Waals surface area contributed by atoms with Crippen molar-refractivity contribution < 1.29 is 4.74 Å². The molecule has 2 aliphatic rings. The molecular weight excluding hydrogens is 226 g/mol. The number of nitrogens with zero attached hydrogens (tertiary/aromatic N) is 2. The van der Waals surface area contributed by atoms with Crippen LogP contribution in [-0.4, -0.2) is 28.7 Å². The fourth-order valence-corrected chi connectivity index (χ4v) is 3.36. The number of aryl methyl sites for hydroxylation is 1. The highest BCUT2D eigenvalue weighted by molar-refractivity contribution is 5.37. The molecule has 2 atom stereocenters. The van der Waals surface area contributed by atoms with Crippen molar-refractivity contribution in [2.75, 3.05) is 11.9 Å². The Morgan fingerprint density at radius 2 is 2.33 bits per heavy atom. The molecule has 18 heavy (non-hydrogen) atoms. The zero-order chi connectivity index (χ0) is 12.6. The lowest BCUT2D eigenvalue weighted by molar-refractivity contribution is -0.157. The second-order valence-electron chi connectivity index (χ2n) is 5.45. The van der Waals surface area contributed by atoms with E-state index in [0.29, 0.717) is 17.6 Å². The van der Waals surface area contributed by atoms with E-state index < -0.39 is 0 Å². The Balaban J connectivity index is 1.68. The molecule has 1 aromatic rings. The zero-order valence-corrected chi connectivity index (χ0v) is 11.1. The summed E-state index contributed by atoms with van der Waals surface area (Å²) in [5, 5.41) is 3.57. The Morgan fingerprint density at radius 3 is 2.94 bits per heavy atom. The van der Waals surface area contributed by atoms with Gasteiger partial charge in [-0.2, -0.15) is 0 Å². The number of hydrogen-bond donors (Lipinski definition) is 1. The number of ether oxygens (including phenoxy) is 1. The third kappa shape index (κ3) is 1.79. The summed E-state index contributed by atoms with van der Waals surface area (Å²) in [6.07, 6.45) is 7.30.